The summed E-state index contributed by atoms with van der Waals surface area (Å²) in [6, 6.07) is 8.11. The molecule has 0 saturated heterocycles. The van der Waals surface area contributed by atoms with Gasteiger partial charge in [-0.05, 0) is 49.7 Å². The highest BCUT2D eigenvalue weighted by Crippen LogP contribution is 2.19. The van der Waals surface area contributed by atoms with Gasteiger partial charge in [0.2, 0.25) is 0 Å². The van der Waals surface area contributed by atoms with Gasteiger partial charge in [-0.1, -0.05) is 48.0 Å². The predicted molar refractivity (Wildman–Crippen MR) is 93.5 cm³/mol. The Kier molecular flexibility index (Phi) is 7.37. The molecular formula is C19H26N2O2. The summed E-state index contributed by atoms with van der Waals surface area (Å²) in [5.41, 5.74) is 3.72. The molecule has 0 unspecified atom stereocenters. The molecule has 1 aliphatic rings. The van der Waals surface area contributed by atoms with Gasteiger partial charge in [0.05, 0.1) is 6.21 Å². The molecule has 0 bridgehead atoms. The second-order valence-electron chi connectivity index (χ2n) is 5.81. The van der Waals surface area contributed by atoms with Gasteiger partial charge in [-0.25, -0.2) is 0 Å². The van der Waals surface area contributed by atoms with Crippen molar-refractivity contribution in [2.24, 2.45) is 5.16 Å². The number of rotatable bonds is 8. The van der Waals surface area contributed by atoms with Crippen LogP contribution in [0.25, 0.3) is 0 Å². The molecular weight excluding hydrogens is 288 g/mol. The Hall–Kier alpha value is -2.10. The van der Waals surface area contributed by atoms with Crippen LogP contribution >= 0.6 is 0 Å². The smallest absolute Gasteiger partial charge is 0.260 e. The van der Waals surface area contributed by atoms with E-state index in [1.807, 2.05) is 12.1 Å². The first-order valence-corrected chi connectivity index (χ1v) is 8.47. The van der Waals surface area contributed by atoms with Crippen LogP contribution in [0.1, 0.15) is 50.2 Å². The molecule has 1 aliphatic carbocycles. The molecule has 1 N–H and O–H groups in total. The molecule has 1 aromatic rings. The van der Waals surface area contributed by atoms with Crippen LogP contribution in [0.15, 0.2) is 41.1 Å². The Morgan fingerprint density at radius 1 is 1.30 bits per heavy atom. The standard InChI is InChI=1S/C19H26N2O2/c1-2-16-8-10-18(11-9-16)14-21-23-15-19(22)20-13-12-17-6-4-3-5-7-17/h6,8-11,14H,2-5,7,12-13,15H2,1H3,(H,20,22)/b21-14-. The number of nitrogens with zero attached hydrogens (tertiary/aromatic N) is 1. The highest BCUT2D eigenvalue weighted by Gasteiger charge is 2.05. The van der Waals surface area contributed by atoms with E-state index in [1.54, 1.807) is 6.21 Å². The van der Waals surface area contributed by atoms with Crippen molar-refractivity contribution in [2.75, 3.05) is 13.2 Å². The van der Waals surface area contributed by atoms with Crippen molar-refractivity contribution < 1.29 is 9.63 Å². The van der Waals surface area contributed by atoms with Crippen LogP contribution in [0.5, 0.6) is 0 Å². The van der Waals surface area contributed by atoms with Crippen LogP contribution < -0.4 is 5.32 Å². The number of amides is 1. The minimum Gasteiger partial charge on any atom is -0.386 e. The molecule has 0 fully saturated rings. The van der Waals surface area contributed by atoms with Crippen LogP contribution in [0, 0.1) is 0 Å². The molecule has 0 spiro atoms. The predicted octanol–water partition coefficient (Wildman–Crippen LogP) is 3.61. The minimum atomic E-state index is -0.125. The summed E-state index contributed by atoms with van der Waals surface area (Å²) in [7, 11) is 0. The molecule has 124 valence electrons. The lowest BCUT2D eigenvalue weighted by Crippen LogP contribution is -2.28. The molecule has 1 amide bonds. The van der Waals surface area contributed by atoms with Gasteiger partial charge in [-0.3, -0.25) is 4.79 Å². The Labute approximate surface area is 138 Å². The van der Waals surface area contributed by atoms with Gasteiger partial charge in [0.25, 0.3) is 5.91 Å². The first kappa shape index (κ1) is 17.3. The summed E-state index contributed by atoms with van der Waals surface area (Å²) in [5.74, 6) is -0.125. The fourth-order valence-electron chi connectivity index (χ4n) is 2.58. The monoisotopic (exact) mass is 314 g/mol. The fraction of sp³-hybridized carbons (Fsp3) is 0.474. The van der Waals surface area contributed by atoms with Gasteiger partial charge in [-0.15, -0.1) is 0 Å². The molecule has 0 aliphatic heterocycles. The molecule has 2 rings (SSSR count). The van der Waals surface area contributed by atoms with Crippen LogP contribution in [-0.2, 0) is 16.1 Å². The third kappa shape index (κ3) is 6.68. The van der Waals surface area contributed by atoms with Crippen molar-refractivity contribution in [1.29, 1.82) is 0 Å². The summed E-state index contributed by atoms with van der Waals surface area (Å²) in [5, 5.41) is 6.70. The number of nitrogens with one attached hydrogen (secondary N) is 1. The molecule has 4 heteroatoms. The fourth-order valence-corrected chi connectivity index (χ4v) is 2.58. The Morgan fingerprint density at radius 3 is 2.83 bits per heavy atom. The van der Waals surface area contributed by atoms with Gasteiger partial charge < -0.3 is 10.2 Å². The SMILES string of the molecule is CCc1ccc(/C=N\OCC(=O)NCCC2=CCCCC2)cc1. The van der Waals surface area contributed by atoms with Crippen molar-refractivity contribution in [3.8, 4) is 0 Å². The first-order valence-electron chi connectivity index (χ1n) is 8.47. The van der Waals surface area contributed by atoms with Gasteiger partial charge in [0.15, 0.2) is 6.61 Å². The molecule has 0 heterocycles. The topological polar surface area (TPSA) is 50.7 Å². The van der Waals surface area contributed by atoms with Crippen LogP contribution in [-0.4, -0.2) is 25.3 Å². The van der Waals surface area contributed by atoms with Gasteiger partial charge in [0.1, 0.15) is 0 Å². The summed E-state index contributed by atoms with van der Waals surface area (Å²) in [6.07, 6.45) is 10.8. The van der Waals surface area contributed by atoms with E-state index < -0.39 is 0 Å². The molecule has 4 nitrogen and oxygen atoms in total. The Morgan fingerprint density at radius 2 is 2.13 bits per heavy atom. The number of aryl methyl sites for hydroxylation is 1. The zero-order valence-corrected chi connectivity index (χ0v) is 13.9. The number of carbonyl (C=O) groups is 1. The zero-order valence-electron chi connectivity index (χ0n) is 13.9. The quantitative estimate of drug-likeness (QED) is 0.453. The van der Waals surface area contributed by atoms with Crippen molar-refractivity contribution in [3.63, 3.8) is 0 Å². The summed E-state index contributed by atoms with van der Waals surface area (Å²) in [4.78, 5) is 16.7. The molecule has 23 heavy (non-hydrogen) atoms. The van der Waals surface area contributed by atoms with E-state index >= 15 is 0 Å². The second kappa shape index (κ2) is 9.82. The maximum Gasteiger partial charge on any atom is 0.260 e. The van der Waals surface area contributed by atoms with Crippen molar-refractivity contribution >= 4 is 12.1 Å². The average molecular weight is 314 g/mol. The third-order valence-corrected chi connectivity index (χ3v) is 4.01. The Bertz CT molecular complexity index is 547. The van der Waals surface area contributed by atoms with Crippen LogP contribution in [0.4, 0.5) is 0 Å². The zero-order chi connectivity index (χ0) is 16.3. The lowest BCUT2D eigenvalue weighted by molar-refractivity contribution is -0.125. The summed E-state index contributed by atoms with van der Waals surface area (Å²) >= 11 is 0. The first-order chi connectivity index (χ1) is 11.3. The van der Waals surface area contributed by atoms with Gasteiger partial charge in [0, 0.05) is 6.54 Å². The highest BCUT2D eigenvalue weighted by atomic mass is 16.6. The summed E-state index contributed by atoms with van der Waals surface area (Å²) in [6.45, 7) is 2.76. The number of allylic oxidation sites excluding steroid dienone is 1. The lowest BCUT2D eigenvalue weighted by Gasteiger charge is -2.12. The van der Waals surface area contributed by atoms with Crippen molar-refractivity contribution in [3.05, 3.63) is 47.0 Å². The van der Waals surface area contributed by atoms with E-state index in [9.17, 15) is 4.79 Å². The van der Waals surface area contributed by atoms with E-state index in [1.165, 1.54) is 36.8 Å². The van der Waals surface area contributed by atoms with E-state index in [0.29, 0.717) is 6.54 Å². The summed E-state index contributed by atoms with van der Waals surface area (Å²) < 4.78 is 0. The van der Waals surface area contributed by atoms with Gasteiger partial charge in [-0.2, -0.15) is 0 Å². The van der Waals surface area contributed by atoms with Gasteiger partial charge >= 0.3 is 0 Å². The largest absolute Gasteiger partial charge is 0.386 e. The maximum absolute atomic E-state index is 11.7. The Balaban J connectivity index is 1.60. The third-order valence-electron chi connectivity index (χ3n) is 4.01. The average Bonchev–Trinajstić information content (AvgIpc) is 2.60. The van der Waals surface area contributed by atoms with Crippen LogP contribution in [0.3, 0.4) is 0 Å². The maximum atomic E-state index is 11.7. The van der Waals surface area contributed by atoms with Crippen molar-refractivity contribution in [2.45, 2.75) is 45.4 Å². The molecule has 1 aromatic carbocycles. The van der Waals surface area contributed by atoms with E-state index in [2.05, 4.69) is 35.6 Å². The highest BCUT2D eigenvalue weighted by molar-refractivity contribution is 5.79. The number of hydrogen-bond donors (Lipinski definition) is 1. The molecule has 0 aromatic heterocycles. The molecule has 0 saturated carbocycles. The van der Waals surface area contributed by atoms with E-state index in [0.717, 1.165) is 18.4 Å². The normalized spacial score (nSPS) is 14.6. The number of carbonyl (C=O) groups excluding carboxylic acids is 1. The minimum absolute atomic E-state index is 0.0391. The van der Waals surface area contributed by atoms with Crippen LogP contribution in [0.2, 0.25) is 0 Å². The lowest BCUT2D eigenvalue weighted by atomic mass is 9.97. The number of benzene rings is 1. The number of oxime groups is 1. The van der Waals surface area contributed by atoms with E-state index in [4.69, 9.17) is 4.84 Å². The van der Waals surface area contributed by atoms with Crippen molar-refractivity contribution in [1.82, 2.24) is 5.32 Å². The second-order valence-corrected chi connectivity index (χ2v) is 5.81. The molecule has 0 atom stereocenters. The van der Waals surface area contributed by atoms with E-state index in [-0.39, 0.29) is 12.5 Å². The molecule has 0 radical (unpaired) electrons. The number of hydrogen-bond acceptors (Lipinski definition) is 3.